The molecular formula is C31H40F3N5O11SSi. The van der Waals surface area contributed by atoms with Crippen LogP contribution in [0.1, 0.15) is 63.8 Å². The Balaban J connectivity index is 1.51. The van der Waals surface area contributed by atoms with Gasteiger partial charge in [-0.3, -0.25) is 9.36 Å². The van der Waals surface area contributed by atoms with Crippen LogP contribution >= 0.6 is 0 Å². The number of carbonyl (C=O) groups is 1. The molecule has 1 spiro atoms. The molecule has 4 aliphatic rings. The Morgan fingerprint density at radius 1 is 1.10 bits per heavy atom. The summed E-state index contributed by atoms with van der Waals surface area (Å²) in [5.74, 6) is -1.31. The molecule has 0 bridgehead atoms. The SMILES string of the molecule is CC(C)(C)OC1[Si][C@@]12O[C@@H](n1cnc3c1NCN([C@@H]1O[C@H](CO)[C@@H](O)[C@@H]1O)C3=NC(=O)c1ccccc1)[C@@](O)(S(=O)(=O)C(F)(F)F)[C@@H]2OC(C)(C)C. The second-order valence-corrected chi connectivity index (χ2v) is 18.5. The molecule has 0 saturated carbocycles. The minimum atomic E-state index is -6.53. The Bertz CT molecular complexity index is 1840. The lowest BCUT2D eigenvalue weighted by Crippen LogP contribution is -2.60. The summed E-state index contributed by atoms with van der Waals surface area (Å²) in [4.78, 5) is 19.3. The number of halogens is 3. The number of benzene rings is 1. The molecule has 9 atom stereocenters. The molecule has 1 amide bonds. The van der Waals surface area contributed by atoms with E-state index in [0.29, 0.717) is 0 Å². The lowest BCUT2D eigenvalue weighted by Gasteiger charge is -2.39. The molecule has 2 radical (unpaired) electrons. The van der Waals surface area contributed by atoms with E-state index in [1.807, 2.05) is 0 Å². The van der Waals surface area contributed by atoms with Crippen LogP contribution < -0.4 is 5.32 Å². The normalized spacial score (nSPS) is 34.5. The summed E-state index contributed by atoms with van der Waals surface area (Å²) >= 11 is 0. The molecule has 1 unspecified atom stereocenters. The molecule has 3 fully saturated rings. The van der Waals surface area contributed by atoms with Crippen molar-refractivity contribution >= 4 is 36.9 Å². The number of hydrogen-bond acceptors (Lipinski definition) is 13. The van der Waals surface area contributed by atoms with Gasteiger partial charge < -0.3 is 49.6 Å². The number of ether oxygens (including phenoxy) is 4. The minimum Gasteiger partial charge on any atom is -0.394 e. The number of hydrogen-bond donors (Lipinski definition) is 5. The maximum absolute atomic E-state index is 14.6. The van der Waals surface area contributed by atoms with Crippen LogP contribution in [0.5, 0.6) is 0 Å². The van der Waals surface area contributed by atoms with Crippen LogP contribution in [0, 0.1) is 0 Å². The van der Waals surface area contributed by atoms with Gasteiger partial charge in [-0.05, 0) is 53.7 Å². The van der Waals surface area contributed by atoms with E-state index in [9.17, 15) is 46.8 Å². The number of aliphatic imine (C=N–C) groups is 1. The van der Waals surface area contributed by atoms with Crippen molar-refractivity contribution < 1.29 is 65.8 Å². The first-order valence-corrected chi connectivity index (χ1v) is 18.8. The summed E-state index contributed by atoms with van der Waals surface area (Å²) in [6.07, 6.45) is -9.37. The number of alkyl halides is 3. The second-order valence-electron chi connectivity index (χ2n) is 14.8. The zero-order valence-electron chi connectivity index (χ0n) is 28.9. The third-order valence-corrected chi connectivity index (χ3v) is 12.2. The molecule has 6 rings (SSSR count). The number of aromatic nitrogens is 2. The summed E-state index contributed by atoms with van der Waals surface area (Å²) in [5.41, 5.74) is -9.18. The van der Waals surface area contributed by atoms with Gasteiger partial charge in [0.2, 0.25) is 4.93 Å². The second kappa shape index (κ2) is 12.8. The molecule has 4 aliphatic heterocycles. The summed E-state index contributed by atoms with van der Waals surface area (Å²) < 4.78 is 95.7. The first-order chi connectivity index (χ1) is 24.0. The van der Waals surface area contributed by atoms with Crippen LogP contribution in [-0.4, -0.2) is 141 Å². The Labute approximate surface area is 299 Å². The smallest absolute Gasteiger partial charge is 0.394 e. The van der Waals surface area contributed by atoms with Gasteiger partial charge in [0.25, 0.3) is 15.7 Å². The summed E-state index contributed by atoms with van der Waals surface area (Å²) in [6.45, 7) is 8.46. The number of anilines is 1. The fourth-order valence-electron chi connectivity index (χ4n) is 6.41. The lowest BCUT2D eigenvalue weighted by atomic mass is 10.1. The molecule has 52 heavy (non-hydrogen) atoms. The van der Waals surface area contributed by atoms with Crippen molar-refractivity contribution in [2.75, 3.05) is 18.6 Å². The van der Waals surface area contributed by atoms with Crippen molar-refractivity contribution in [3.63, 3.8) is 0 Å². The molecule has 16 nitrogen and oxygen atoms in total. The third-order valence-electron chi connectivity index (χ3n) is 8.77. The zero-order chi connectivity index (χ0) is 38.4. The highest BCUT2D eigenvalue weighted by molar-refractivity contribution is 7.93. The fourth-order valence-corrected chi connectivity index (χ4v) is 9.44. The third kappa shape index (κ3) is 6.37. The molecule has 1 aromatic heterocycles. The highest BCUT2D eigenvalue weighted by Crippen LogP contribution is 2.60. The van der Waals surface area contributed by atoms with E-state index in [2.05, 4.69) is 15.3 Å². The molecule has 5 N–H and O–H groups in total. The van der Waals surface area contributed by atoms with E-state index in [0.717, 1.165) is 10.9 Å². The van der Waals surface area contributed by atoms with Gasteiger partial charge in [0.05, 0.1) is 36.5 Å². The maximum Gasteiger partial charge on any atom is 0.500 e. The van der Waals surface area contributed by atoms with Crippen molar-refractivity contribution in [3.8, 4) is 0 Å². The van der Waals surface area contributed by atoms with Crippen molar-refractivity contribution in [1.29, 1.82) is 0 Å². The number of rotatable bonds is 7. The van der Waals surface area contributed by atoms with Crippen LogP contribution in [-0.2, 0) is 28.8 Å². The average molecular weight is 776 g/mol. The quantitative estimate of drug-likeness (QED) is 0.242. The highest BCUT2D eigenvalue weighted by atomic mass is 32.2. The van der Waals surface area contributed by atoms with Crippen molar-refractivity contribution in [2.24, 2.45) is 4.99 Å². The van der Waals surface area contributed by atoms with E-state index in [1.54, 1.807) is 39.0 Å². The highest BCUT2D eigenvalue weighted by Gasteiger charge is 2.83. The summed E-state index contributed by atoms with van der Waals surface area (Å²) in [7, 11) is -6.98. The predicted octanol–water partition coefficient (Wildman–Crippen LogP) is 0.485. The molecule has 5 heterocycles. The topological polar surface area (TPSA) is 214 Å². The first-order valence-electron chi connectivity index (χ1n) is 16.2. The monoisotopic (exact) mass is 775 g/mol. The van der Waals surface area contributed by atoms with Crippen molar-refractivity contribution in [1.82, 2.24) is 14.5 Å². The number of aliphatic hydroxyl groups excluding tert-OH is 3. The van der Waals surface area contributed by atoms with Crippen LogP contribution in [0.3, 0.4) is 0 Å². The van der Waals surface area contributed by atoms with Crippen LogP contribution in [0.25, 0.3) is 0 Å². The summed E-state index contributed by atoms with van der Waals surface area (Å²) in [5, 5.41) is 44.3. The number of amides is 1. The van der Waals surface area contributed by atoms with Gasteiger partial charge in [-0.15, -0.1) is 0 Å². The Morgan fingerprint density at radius 2 is 1.73 bits per heavy atom. The molecule has 3 saturated heterocycles. The number of nitrogens with zero attached hydrogens (tertiary/aromatic N) is 4. The molecular weight excluding hydrogens is 736 g/mol. The van der Waals surface area contributed by atoms with Gasteiger partial charge >= 0.3 is 5.51 Å². The largest absolute Gasteiger partial charge is 0.500 e. The van der Waals surface area contributed by atoms with Crippen molar-refractivity contribution in [2.45, 2.75) is 111 Å². The predicted molar refractivity (Wildman–Crippen MR) is 175 cm³/mol. The number of nitrogens with one attached hydrogen (secondary N) is 1. The number of aliphatic hydroxyl groups is 4. The number of imidazole rings is 1. The minimum absolute atomic E-state index is 0.129. The van der Waals surface area contributed by atoms with E-state index >= 15 is 0 Å². The van der Waals surface area contributed by atoms with Gasteiger partial charge in [0, 0.05) is 5.56 Å². The zero-order valence-corrected chi connectivity index (χ0v) is 30.7. The van der Waals surface area contributed by atoms with Crippen LogP contribution in [0.2, 0.25) is 0 Å². The Morgan fingerprint density at radius 3 is 2.29 bits per heavy atom. The van der Waals surface area contributed by atoms with Crippen molar-refractivity contribution in [3.05, 3.63) is 47.9 Å². The number of fused-ring (bicyclic) bond motifs is 1. The Kier molecular flexibility index (Phi) is 9.54. The summed E-state index contributed by atoms with van der Waals surface area (Å²) in [6, 6.07) is 7.78. The van der Waals surface area contributed by atoms with Crippen LogP contribution in [0.4, 0.5) is 19.0 Å². The molecule has 286 valence electrons. The first kappa shape index (κ1) is 38.7. The maximum atomic E-state index is 14.6. The van der Waals surface area contributed by atoms with Gasteiger partial charge in [0.15, 0.2) is 18.3 Å². The van der Waals surface area contributed by atoms with Gasteiger partial charge in [-0.25, -0.2) is 13.4 Å². The fraction of sp³-hybridized carbons (Fsp3) is 0.645. The van der Waals surface area contributed by atoms with E-state index in [-0.39, 0.29) is 22.9 Å². The standard InChI is InChI=1S/C31H40F3N5O11SSi/c1-27(2,3)48-24-29(44,51(45,46)31(32,33)34)25(49-30(24)26(52-30)50-28(4,5)6)39-13-35-17-20(39)36-14-38(23-19(42)18(41)16(12-40)47-23)21(17)37-22(43)15-10-8-7-9-11-15/h7-11,13,16,18-19,23-26,36,40-42,44H,12,14H2,1-6H3/t16-,18-,19+,23-,24+,25-,26?,29+,30-/m1/s1. The van der Waals surface area contributed by atoms with Gasteiger partial charge in [-0.1, -0.05) is 18.2 Å². The average Bonchev–Trinajstić information content (AvgIpc) is 3.27. The van der Waals surface area contributed by atoms with Gasteiger partial charge in [0.1, 0.15) is 50.7 Å². The number of sulfone groups is 1. The van der Waals surface area contributed by atoms with E-state index in [4.69, 9.17) is 18.9 Å². The number of amidine groups is 1. The van der Waals surface area contributed by atoms with Gasteiger partial charge in [-0.2, -0.15) is 18.2 Å². The number of carbonyl (C=O) groups excluding carboxylic acids is 1. The van der Waals surface area contributed by atoms with Crippen LogP contribution in [0.15, 0.2) is 41.7 Å². The molecule has 0 aliphatic carbocycles. The van der Waals surface area contributed by atoms with E-state index in [1.165, 1.54) is 37.8 Å². The molecule has 21 heteroatoms. The van der Waals surface area contributed by atoms with E-state index < -0.39 is 108 Å². The lowest BCUT2D eigenvalue weighted by molar-refractivity contribution is -0.148. The molecule has 2 aromatic rings. The molecule has 1 aromatic carbocycles. The Hall–Kier alpha value is -2.99.